The zero-order valence-corrected chi connectivity index (χ0v) is 16.2. The SMILES string of the molecule is CCOC(=O)CCC(=O)N1CCN(c2cc(Oc3ccccc3F)ncn2)CC1. The smallest absolute Gasteiger partial charge is 0.306 e. The molecule has 0 saturated carbocycles. The lowest BCUT2D eigenvalue weighted by atomic mass is 10.2. The molecule has 8 nitrogen and oxygen atoms in total. The Morgan fingerprint density at radius 2 is 1.86 bits per heavy atom. The first-order valence-corrected chi connectivity index (χ1v) is 9.49. The number of hydrogen-bond acceptors (Lipinski definition) is 7. The molecule has 0 N–H and O–H groups in total. The van der Waals surface area contributed by atoms with Gasteiger partial charge in [-0.1, -0.05) is 12.1 Å². The van der Waals surface area contributed by atoms with E-state index in [0.29, 0.717) is 38.6 Å². The Labute approximate surface area is 168 Å². The van der Waals surface area contributed by atoms with Gasteiger partial charge in [-0.15, -0.1) is 0 Å². The first-order chi connectivity index (χ1) is 14.1. The molecule has 1 amide bonds. The summed E-state index contributed by atoms with van der Waals surface area (Å²) in [5.74, 6) is 0.0848. The van der Waals surface area contributed by atoms with Gasteiger partial charge < -0.3 is 19.3 Å². The minimum atomic E-state index is -0.470. The number of benzene rings is 1. The van der Waals surface area contributed by atoms with Gasteiger partial charge in [0.2, 0.25) is 11.8 Å². The highest BCUT2D eigenvalue weighted by atomic mass is 19.1. The van der Waals surface area contributed by atoms with Crippen LogP contribution in [-0.2, 0) is 14.3 Å². The molecule has 1 aromatic carbocycles. The van der Waals surface area contributed by atoms with Crippen molar-refractivity contribution in [1.29, 1.82) is 0 Å². The summed E-state index contributed by atoms with van der Waals surface area (Å²) in [6.07, 6.45) is 1.60. The third-order valence-corrected chi connectivity index (χ3v) is 4.48. The number of amides is 1. The van der Waals surface area contributed by atoms with E-state index in [0.717, 1.165) is 0 Å². The van der Waals surface area contributed by atoms with E-state index in [1.165, 1.54) is 18.5 Å². The summed E-state index contributed by atoms with van der Waals surface area (Å²) in [7, 11) is 0. The second-order valence-electron chi connectivity index (χ2n) is 6.42. The van der Waals surface area contributed by atoms with Gasteiger partial charge in [0.15, 0.2) is 11.6 Å². The van der Waals surface area contributed by atoms with Gasteiger partial charge in [-0.2, -0.15) is 0 Å². The van der Waals surface area contributed by atoms with Crippen molar-refractivity contribution >= 4 is 17.7 Å². The molecule has 9 heteroatoms. The van der Waals surface area contributed by atoms with Crippen LogP contribution < -0.4 is 9.64 Å². The molecule has 2 aromatic rings. The average Bonchev–Trinajstić information content (AvgIpc) is 2.74. The van der Waals surface area contributed by atoms with Crippen LogP contribution in [0.15, 0.2) is 36.7 Å². The highest BCUT2D eigenvalue weighted by molar-refractivity contribution is 5.81. The standard InChI is InChI=1S/C20H23FN4O4/c1-2-28-20(27)8-7-19(26)25-11-9-24(10-12-25)17-13-18(23-14-22-17)29-16-6-4-3-5-15(16)21/h3-6,13-14H,2,7-12H2,1H3. The largest absolute Gasteiger partial charge is 0.466 e. The van der Waals surface area contributed by atoms with Gasteiger partial charge in [-0.3, -0.25) is 9.59 Å². The molecule has 0 unspecified atom stereocenters. The summed E-state index contributed by atoms with van der Waals surface area (Å²) >= 11 is 0. The van der Waals surface area contributed by atoms with Gasteiger partial charge in [0.05, 0.1) is 13.0 Å². The van der Waals surface area contributed by atoms with E-state index in [1.807, 2.05) is 4.90 Å². The third-order valence-electron chi connectivity index (χ3n) is 4.48. The van der Waals surface area contributed by atoms with E-state index in [2.05, 4.69) is 9.97 Å². The quantitative estimate of drug-likeness (QED) is 0.658. The van der Waals surface area contributed by atoms with E-state index in [4.69, 9.17) is 9.47 Å². The van der Waals surface area contributed by atoms with Gasteiger partial charge in [-0.05, 0) is 19.1 Å². The molecule has 0 radical (unpaired) electrons. The first kappa shape index (κ1) is 20.5. The summed E-state index contributed by atoms with van der Waals surface area (Å²) in [6, 6.07) is 7.75. The molecule has 0 aliphatic carbocycles. The maximum atomic E-state index is 13.8. The lowest BCUT2D eigenvalue weighted by Crippen LogP contribution is -2.49. The van der Waals surface area contributed by atoms with Crippen LogP contribution in [0, 0.1) is 5.82 Å². The van der Waals surface area contributed by atoms with Crippen LogP contribution in [0.3, 0.4) is 0 Å². The molecule has 1 aromatic heterocycles. The van der Waals surface area contributed by atoms with Crippen LogP contribution in [0.5, 0.6) is 11.6 Å². The van der Waals surface area contributed by atoms with E-state index >= 15 is 0 Å². The third kappa shape index (κ3) is 5.63. The lowest BCUT2D eigenvalue weighted by molar-refractivity contribution is -0.145. The average molecular weight is 402 g/mol. The molecule has 0 bridgehead atoms. The van der Waals surface area contributed by atoms with Crippen molar-refractivity contribution in [2.24, 2.45) is 0 Å². The highest BCUT2D eigenvalue weighted by Gasteiger charge is 2.23. The van der Waals surface area contributed by atoms with Gasteiger partial charge in [0.25, 0.3) is 0 Å². The fraction of sp³-hybridized carbons (Fsp3) is 0.400. The Hall–Kier alpha value is -3.23. The van der Waals surface area contributed by atoms with Gasteiger partial charge in [0, 0.05) is 38.7 Å². The number of esters is 1. The topological polar surface area (TPSA) is 84.9 Å². The summed E-state index contributed by atoms with van der Waals surface area (Å²) in [6.45, 7) is 4.26. The number of ether oxygens (including phenoxy) is 2. The van der Waals surface area contributed by atoms with E-state index in [1.54, 1.807) is 30.0 Å². The van der Waals surface area contributed by atoms with Crippen LogP contribution in [0.1, 0.15) is 19.8 Å². The molecule has 2 heterocycles. The number of para-hydroxylation sites is 1. The number of carbonyl (C=O) groups excluding carboxylic acids is 2. The van der Waals surface area contributed by atoms with E-state index in [-0.39, 0.29) is 36.3 Å². The molecule has 1 aliphatic rings. The van der Waals surface area contributed by atoms with Crippen molar-refractivity contribution in [3.63, 3.8) is 0 Å². The Morgan fingerprint density at radius 1 is 1.10 bits per heavy atom. The van der Waals surface area contributed by atoms with Crippen molar-refractivity contribution in [2.75, 3.05) is 37.7 Å². The van der Waals surface area contributed by atoms with Crippen LogP contribution in [0.4, 0.5) is 10.2 Å². The van der Waals surface area contributed by atoms with Crippen LogP contribution in [-0.4, -0.2) is 59.5 Å². The fourth-order valence-corrected chi connectivity index (χ4v) is 2.98. The monoisotopic (exact) mass is 402 g/mol. The number of nitrogens with zero attached hydrogens (tertiary/aromatic N) is 4. The number of rotatable bonds is 7. The maximum Gasteiger partial charge on any atom is 0.306 e. The van der Waals surface area contributed by atoms with Crippen molar-refractivity contribution in [3.05, 3.63) is 42.5 Å². The molecule has 1 aliphatic heterocycles. The van der Waals surface area contributed by atoms with Gasteiger partial charge >= 0.3 is 5.97 Å². The Morgan fingerprint density at radius 3 is 2.59 bits per heavy atom. The van der Waals surface area contributed by atoms with Gasteiger partial charge in [-0.25, -0.2) is 14.4 Å². The summed E-state index contributed by atoms with van der Waals surface area (Å²) in [4.78, 5) is 35.7. The minimum Gasteiger partial charge on any atom is -0.466 e. The fourth-order valence-electron chi connectivity index (χ4n) is 2.98. The Kier molecular flexibility index (Phi) is 6.94. The summed E-state index contributed by atoms with van der Waals surface area (Å²) < 4.78 is 24.1. The zero-order valence-electron chi connectivity index (χ0n) is 16.2. The van der Waals surface area contributed by atoms with Crippen molar-refractivity contribution in [2.45, 2.75) is 19.8 Å². The van der Waals surface area contributed by atoms with E-state index < -0.39 is 5.82 Å². The molecular weight excluding hydrogens is 379 g/mol. The molecule has 0 atom stereocenters. The number of anilines is 1. The zero-order chi connectivity index (χ0) is 20.6. The van der Waals surface area contributed by atoms with E-state index in [9.17, 15) is 14.0 Å². The lowest BCUT2D eigenvalue weighted by Gasteiger charge is -2.35. The van der Waals surface area contributed by atoms with Gasteiger partial charge in [0.1, 0.15) is 12.1 Å². The molecule has 29 heavy (non-hydrogen) atoms. The second-order valence-corrected chi connectivity index (χ2v) is 6.42. The Balaban J connectivity index is 1.54. The normalized spacial score (nSPS) is 13.9. The van der Waals surface area contributed by atoms with Crippen molar-refractivity contribution in [3.8, 4) is 11.6 Å². The summed E-state index contributed by atoms with van der Waals surface area (Å²) in [5.41, 5.74) is 0. The number of halogens is 1. The molecule has 1 saturated heterocycles. The number of carbonyl (C=O) groups is 2. The first-order valence-electron chi connectivity index (χ1n) is 9.49. The molecular formula is C20H23FN4O4. The predicted octanol–water partition coefficient (Wildman–Crippen LogP) is 2.40. The minimum absolute atomic E-state index is 0.0658. The molecule has 3 rings (SSSR count). The summed E-state index contributed by atoms with van der Waals surface area (Å²) in [5, 5.41) is 0. The predicted molar refractivity (Wildman–Crippen MR) is 103 cm³/mol. The molecule has 154 valence electrons. The van der Waals surface area contributed by atoms with Crippen molar-refractivity contribution < 1.29 is 23.5 Å². The maximum absolute atomic E-state index is 13.8. The molecule has 0 spiro atoms. The Bertz CT molecular complexity index is 856. The van der Waals surface area contributed by atoms with Crippen LogP contribution >= 0.6 is 0 Å². The number of aromatic nitrogens is 2. The number of hydrogen-bond donors (Lipinski definition) is 0. The van der Waals surface area contributed by atoms with Crippen LogP contribution in [0.2, 0.25) is 0 Å². The molecule has 1 fully saturated rings. The highest BCUT2D eigenvalue weighted by Crippen LogP contribution is 2.25. The second kappa shape index (κ2) is 9.81. The van der Waals surface area contributed by atoms with Crippen molar-refractivity contribution in [1.82, 2.24) is 14.9 Å². The number of piperazine rings is 1. The van der Waals surface area contributed by atoms with Crippen LogP contribution in [0.25, 0.3) is 0 Å².